The lowest BCUT2D eigenvalue weighted by Crippen LogP contribution is -2.24. The van der Waals surface area contributed by atoms with Crippen LogP contribution >= 0.6 is 0 Å². The lowest BCUT2D eigenvalue weighted by molar-refractivity contribution is -0.121. The van der Waals surface area contributed by atoms with Crippen molar-refractivity contribution >= 4 is 5.91 Å². The van der Waals surface area contributed by atoms with Crippen LogP contribution in [0.1, 0.15) is 52.4 Å². The van der Waals surface area contributed by atoms with Crippen LogP contribution in [0.2, 0.25) is 0 Å². The van der Waals surface area contributed by atoms with E-state index in [1.165, 1.54) is 12.8 Å². The van der Waals surface area contributed by atoms with Gasteiger partial charge in [0.1, 0.15) is 0 Å². The van der Waals surface area contributed by atoms with Crippen LogP contribution in [0, 0.1) is 0 Å². The van der Waals surface area contributed by atoms with Crippen molar-refractivity contribution in [1.82, 2.24) is 5.32 Å². The third-order valence-electron chi connectivity index (χ3n) is 2.17. The van der Waals surface area contributed by atoms with Crippen molar-refractivity contribution in [3.63, 3.8) is 0 Å². The summed E-state index contributed by atoms with van der Waals surface area (Å²) < 4.78 is 0. The third-order valence-corrected chi connectivity index (χ3v) is 2.17. The van der Waals surface area contributed by atoms with E-state index >= 15 is 0 Å². The van der Waals surface area contributed by atoms with Crippen LogP contribution in [0.25, 0.3) is 0 Å². The number of carbonyl (C=O) groups excluding carboxylic acids is 1. The van der Waals surface area contributed by atoms with Gasteiger partial charge in [-0.25, -0.2) is 0 Å². The van der Waals surface area contributed by atoms with E-state index in [0.29, 0.717) is 6.42 Å². The quantitative estimate of drug-likeness (QED) is 0.587. The Balaban J connectivity index is 3.20. The molecule has 84 valence electrons. The van der Waals surface area contributed by atoms with Gasteiger partial charge in [0, 0.05) is 19.0 Å². The fourth-order valence-electron chi connectivity index (χ4n) is 1.28. The molecule has 0 rings (SSSR count). The lowest BCUT2D eigenvalue weighted by atomic mass is 10.1. The van der Waals surface area contributed by atoms with Gasteiger partial charge in [0.2, 0.25) is 5.91 Å². The Labute approximate surface area is 87.4 Å². The molecule has 0 spiro atoms. The minimum atomic E-state index is 0.168. The van der Waals surface area contributed by atoms with Crippen LogP contribution in [0.15, 0.2) is 0 Å². The zero-order chi connectivity index (χ0) is 10.8. The minimum Gasteiger partial charge on any atom is -0.356 e. The zero-order valence-electron chi connectivity index (χ0n) is 9.51. The van der Waals surface area contributed by atoms with Gasteiger partial charge in [-0.05, 0) is 26.2 Å². The first kappa shape index (κ1) is 13.4. The first-order valence-electron chi connectivity index (χ1n) is 5.69. The van der Waals surface area contributed by atoms with E-state index in [4.69, 9.17) is 5.73 Å². The monoisotopic (exact) mass is 200 g/mol. The number of amides is 1. The van der Waals surface area contributed by atoms with E-state index in [-0.39, 0.29) is 11.9 Å². The highest BCUT2D eigenvalue weighted by Gasteiger charge is 2.01. The molecule has 0 fully saturated rings. The van der Waals surface area contributed by atoms with E-state index in [9.17, 15) is 4.79 Å². The Morgan fingerprint density at radius 3 is 2.64 bits per heavy atom. The lowest BCUT2D eigenvalue weighted by Gasteiger charge is -2.06. The summed E-state index contributed by atoms with van der Waals surface area (Å²) in [6, 6.07) is 0.211. The van der Waals surface area contributed by atoms with Gasteiger partial charge in [0.05, 0.1) is 0 Å². The van der Waals surface area contributed by atoms with Gasteiger partial charge in [-0.3, -0.25) is 4.79 Å². The largest absolute Gasteiger partial charge is 0.356 e. The van der Waals surface area contributed by atoms with E-state index in [1.54, 1.807) is 0 Å². The number of hydrogen-bond acceptors (Lipinski definition) is 2. The summed E-state index contributed by atoms with van der Waals surface area (Å²) in [7, 11) is 0. The predicted molar refractivity (Wildman–Crippen MR) is 60.0 cm³/mol. The Morgan fingerprint density at radius 1 is 1.36 bits per heavy atom. The number of rotatable bonds is 8. The third kappa shape index (κ3) is 9.52. The molecule has 14 heavy (non-hydrogen) atoms. The van der Waals surface area contributed by atoms with Crippen molar-refractivity contribution in [2.24, 2.45) is 5.73 Å². The normalized spacial score (nSPS) is 12.5. The molecule has 0 saturated carbocycles. The summed E-state index contributed by atoms with van der Waals surface area (Å²) in [6.45, 7) is 4.95. The highest BCUT2D eigenvalue weighted by atomic mass is 16.1. The first-order chi connectivity index (χ1) is 6.66. The molecule has 0 radical (unpaired) electrons. The number of nitrogens with two attached hydrogens (primary N) is 1. The molecule has 3 heteroatoms. The maximum atomic E-state index is 11.2. The SMILES string of the molecule is CCCCCNC(=O)CCCC(C)N. The summed E-state index contributed by atoms with van der Waals surface area (Å²) in [4.78, 5) is 11.2. The summed E-state index contributed by atoms with van der Waals surface area (Å²) in [5.41, 5.74) is 5.59. The predicted octanol–water partition coefficient (Wildman–Crippen LogP) is 1.81. The molecule has 3 nitrogen and oxygen atoms in total. The Kier molecular flexibility index (Phi) is 8.64. The number of hydrogen-bond donors (Lipinski definition) is 2. The van der Waals surface area contributed by atoms with Gasteiger partial charge in [0.25, 0.3) is 0 Å². The van der Waals surface area contributed by atoms with E-state index in [1.807, 2.05) is 6.92 Å². The highest BCUT2D eigenvalue weighted by Crippen LogP contribution is 1.98. The molecule has 1 unspecified atom stereocenters. The number of unbranched alkanes of at least 4 members (excludes halogenated alkanes) is 2. The zero-order valence-corrected chi connectivity index (χ0v) is 9.51. The van der Waals surface area contributed by atoms with E-state index in [0.717, 1.165) is 25.8 Å². The standard InChI is InChI=1S/C11H24N2O/c1-3-4-5-9-13-11(14)8-6-7-10(2)12/h10H,3-9,12H2,1-2H3,(H,13,14). The van der Waals surface area contributed by atoms with Crippen LogP contribution < -0.4 is 11.1 Å². The summed E-state index contributed by atoms with van der Waals surface area (Å²) in [5.74, 6) is 0.168. The maximum absolute atomic E-state index is 11.2. The van der Waals surface area contributed by atoms with Crippen molar-refractivity contribution in [2.45, 2.75) is 58.4 Å². The van der Waals surface area contributed by atoms with Gasteiger partial charge < -0.3 is 11.1 Å². The Bertz CT molecular complexity index is 146. The molecule has 0 aromatic rings. The Morgan fingerprint density at radius 2 is 2.07 bits per heavy atom. The molecule has 3 N–H and O–H groups in total. The molecule has 0 saturated heterocycles. The van der Waals surface area contributed by atoms with Gasteiger partial charge in [0.15, 0.2) is 0 Å². The molecule has 0 aliphatic carbocycles. The van der Waals surface area contributed by atoms with Crippen molar-refractivity contribution in [3.05, 3.63) is 0 Å². The molecule has 0 aliphatic rings. The second-order valence-electron chi connectivity index (χ2n) is 3.93. The molecule has 1 amide bonds. The fraction of sp³-hybridized carbons (Fsp3) is 0.909. The number of nitrogens with one attached hydrogen (secondary N) is 1. The van der Waals surface area contributed by atoms with Gasteiger partial charge in [-0.1, -0.05) is 19.8 Å². The smallest absolute Gasteiger partial charge is 0.219 e. The molecule has 0 heterocycles. The van der Waals surface area contributed by atoms with Crippen LogP contribution in [0.5, 0.6) is 0 Å². The number of carbonyl (C=O) groups is 1. The Hall–Kier alpha value is -0.570. The average molecular weight is 200 g/mol. The van der Waals surface area contributed by atoms with Crippen molar-refractivity contribution in [3.8, 4) is 0 Å². The van der Waals surface area contributed by atoms with Gasteiger partial charge in [-0.2, -0.15) is 0 Å². The molecule has 0 aromatic heterocycles. The van der Waals surface area contributed by atoms with Gasteiger partial charge in [-0.15, -0.1) is 0 Å². The van der Waals surface area contributed by atoms with Crippen LogP contribution in [-0.4, -0.2) is 18.5 Å². The van der Waals surface area contributed by atoms with Crippen molar-refractivity contribution in [2.75, 3.05) is 6.54 Å². The average Bonchev–Trinajstić information content (AvgIpc) is 2.12. The second kappa shape index (κ2) is 9.00. The van der Waals surface area contributed by atoms with Crippen LogP contribution in [-0.2, 0) is 4.79 Å². The molecule has 0 aromatic carbocycles. The first-order valence-corrected chi connectivity index (χ1v) is 5.69. The fourth-order valence-corrected chi connectivity index (χ4v) is 1.28. The minimum absolute atomic E-state index is 0.168. The van der Waals surface area contributed by atoms with Crippen molar-refractivity contribution < 1.29 is 4.79 Å². The molecule has 0 aliphatic heterocycles. The summed E-state index contributed by atoms with van der Waals surface area (Å²) in [5, 5.41) is 2.91. The van der Waals surface area contributed by atoms with E-state index in [2.05, 4.69) is 12.2 Å². The molecule has 1 atom stereocenters. The van der Waals surface area contributed by atoms with Crippen LogP contribution in [0.4, 0.5) is 0 Å². The highest BCUT2D eigenvalue weighted by molar-refractivity contribution is 5.75. The van der Waals surface area contributed by atoms with E-state index < -0.39 is 0 Å². The topological polar surface area (TPSA) is 55.1 Å². The van der Waals surface area contributed by atoms with Crippen LogP contribution in [0.3, 0.4) is 0 Å². The maximum Gasteiger partial charge on any atom is 0.219 e. The molecule has 0 bridgehead atoms. The second-order valence-corrected chi connectivity index (χ2v) is 3.93. The van der Waals surface area contributed by atoms with Gasteiger partial charge >= 0.3 is 0 Å². The van der Waals surface area contributed by atoms with Crippen molar-refractivity contribution in [1.29, 1.82) is 0 Å². The molecular formula is C11H24N2O. The summed E-state index contributed by atoms with van der Waals surface area (Å²) >= 11 is 0. The summed E-state index contributed by atoms with van der Waals surface area (Å²) in [6.07, 6.45) is 5.93. The molecular weight excluding hydrogens is 176 g/mol.